The van der Waals surface area contributed by atoms with E-state index in [-0.39, 0.29) is 0 Å². The third-order valence-corrected chi connectivity index (χ3v) is 3.68. The lowest BCUT2D eigenvalue weighted by Gasteiger charge is -2.20. The predicted octanol–water partition coefficient (Wildman–Crippen LogP) is 2.85. The topological polar surface area (TPSA) is 40.7 Å². The fraction of sp³-hybridized carbons (Fsp3) is 0.400. The molecule has 3 nitrogen and oxygen atoms in total. The monoisotopic (exact) mass is 241 g/mol. The molecule has 0 atom stereocenters. The molecule has 3 heteroatoms. The maximum atomic E-state index is 4.82. The van der Waals surface area contributed by atoms with Crippen LogP contribution in [0, 0.1) is 6.92 Å². The molecule has 2 heterocycles. The Morgan fingerprint density at radius 3 is 2.56 bits per heavy atom. The van der Waals surface area contributed by atoms with Crippen LogP contribution in [0.4, 0.5) is 0 Å². The second-order valence-corrected chi connectivity index (χ2v) is 4.99. The highest BCUT2D eigenvalue weighted by atomic mass is 15.0. The van der Waals surface area contributed by atoms with Gasteiger partial charge in [0, 0.05) is 17.2 Å². The summed E-state index contributed by atoms with van der Waals surface area (Å²) < 4.78 is 0. The lowest BCUT2D eigenvalue weighted by Crippen LogP contribution is -2.27. The summed E-state index contributed by atoms with van der Waals surface area (Å²) in [5, 5.41) is 3.40. The van der Waals surface area contributed by atoms with Gasteiger partial charge in [0.25, 0.3) is 0 Å². The van der Waals surface area contributed by atoms with Crippen LogP contribution < -0.4 is 5.32 Å². The highest BCUT2D eigenvalue weighted by Crippen LogP contribution is 2.27. The Labute approximate surface area is 108 Å². The first-order valence-electron chi connectivity index (χ1n) is 6.67. The quantitative estimate of drug-likeness (QED) is 0.848. The number of imidazole rings is 1. The highest BCUT2D eigenvalue weighted by Gasteiger charge is 2.19. The van der Waals surface area contributed by atoms with Crippen molar-refractivity contribution in [1.82, 2.24) is 15.3 Å². The van der Waals surface area contributed by atoms with Gasteiger partial charge in [-0.1, -0.05) is 30.3 Å². The third kappa shape index (κ3) is 2.18. The summed E-state index contributed by atoms with van der Waals surface area (Å²) in [5.74, 6) is 1.75. The Balaban J connectivity index is 1.91. The Morgan fingerprint density at radius 2 is 1.83 bits per heavy atom. The van der Waals surface area contributed by atoms with Crippen molar-refractivity contribution in [1.29, 1.82) is 0 Å². The van der Waals surface area contributed by atoms with E-state index in [4.69, 9.17) is 4.98 Å². The largest absolute Gasteiger partial charge is 0.345 e. The number of nitrogens with zero attached hydrogens (tertiary/aromatic N) is 1. The maximum absolute atomic E-state index is 4.82. The van der Waals surface area contributed by atoms with Crippen LogP contribution in [0.5, 0.6) is 0 Å². The van der Waals surface area contributed by atoms with Crippen molar-refractivity contribution in [3.8, 4) is 11.3 Å². The number of aromatic nitrogens is 2. The second-order valence-electron chi connectivity index (χ2n) is 4.99. The molecule has 1 aromatic heterocycles. The average Bonchev–Trinajstić information content (AvgIpc) is 2.83. The van der Waals surface area contributed by atoms with E-state index in [9.17, 15) is 0 Å². The van der Waals surface area contributed by atoms with Gasteiger partial charge in [0.05, 0.1) is 5.69 Å². The molecule has 2 aromatic rings. The third-order valence-electron chi connectivity index (χ3n) is 3.68. The van der Waals surface area contributed by atoms with Crippen LogP contribution in [-0.2, 0) is 0 Å². The molecule has 0 radical (unpaired) electrons. The molecule has 1 aliphatic rings. The molecule has 2 N–H and O–H groups in total. The van der Waals surface area contributed by atoms with E-state index < -0.39 is 0 Å². The van der Waals surface area contributed by atoms with Crippen molar-refractivity contribution in [2.45, 2.75) is 25.7 Å². The number of hydrogen-bond donors (Lipinski definition) is 2. The Kier molecular flexibility index (Phi) is 3.15. The number of piperidine rings is 1. The van der Waals surface area contributed by atoms with Gasteiger partial charge >= 0.3 is 0 Å². The Morgan fingerprint density at radius 1 is 1.11 bits per heavy atom. The number of aryl methyl sites for hydroxylation is 1. The zero-order chi connectivity index (χ0) is 12.4. The van der Waals surface area contributed by atoms with Gasteiger partial charge in [0.1, 0.15) is 5.82 Å². The summed E-state index contributed by atoms with van der Waals surface area (Å²) in [6.07, 6.45) is 2.36. The van der Waals surface area contributed by atoms with E-state index in [0.717, 1.165) is 24.6 Å². The van der Waals surface area contributed by atoms with E-state index in [0.29, 0.717) is 5.92 Å². The molecule has 94 valence electrons. The first-order chi connectivity index (χ1) is 8.84. The van der Waals surface area contributed by atoms with Crippen molar-refractivity contribution in [3.63, 3.8) is 0 Å². The standard InChI is InChI=1S/C15H19N3/c1-11-14(12-5-3-2-4-6-12)18-15(17-11)13-7-9-16-10-8-13/h2-6,13,16H,7-10H2,1H3,(H,17,18). The van der Waals surface area contributed by atoms with Crippen molar-refractivity contribution in [2.24, 2.45) is 0 Å². The van der Waals surface area contributed by atoms with Gasteiger partial charge in [-0.25, -0.2) is 4.98 Å². The normalized spacial score (nSPS) is 16.9. The van der Waals surface area contributed by atoms with E-state index in [1.165, 1.54) is 24.1 Å². The Bertz CT molecular complexity index is 510. The zero-order valence-electron chi connectivity index (χ0n) is 10.7. The van der Waals surface area contributed by atoms with Crippen LogP contribution in [0.15, 0.2) is 30.3 Å². The summed E-state index contributed by atoms with van der Waals surface area (Å²) in [4.78, 5) is 8.29. The van der Waals surface area contributed by atoms with Gasteiger partial charge in [-0.3, -0.25) is 0 Å². The molecule has 1 aliphatic heterocycles. The molecule has 3 rings (SSSR count). The lowest BCUT2D eigenvalue weighted by molar-refractivity contribution is 0.447. The van der Waals surface area contributed by atoms with Crippen LogP contribution in [0.3, 0.4) is 0 Å². The molecule has 0 unspecified atom stereocenters. The van der Waals surface area contributed by atoms with Crippen LogP contribution >= 0.6 is 0 Å². The van der Waals surface area contributed by atoms with Gasteiger partial charge in [0.2, 0.25) is 0 Å². The molecule has 1 fully saturated rings. The van der Waals surface area contributed by atoms with Crippen molar-refractivity contribution >= 4 is 0 Å². The van der Waals surface area contributed by atoms with Crippen LogP contribution in [0.25, 0.3) is 11.3 Å². The van der Waals surface area contributed by atoms with Crippen molar-refractivity contribution < 1.29 is 0 Å². The molecular formula is C15H19N3. The molecule has 1 aromatic carbocycles. The fourth-order valence-electron chi connectivity index (χ4n) is 2.65. The number of nitrogens with one attached hydrogen (secondary N) is 2. The van der Waals surface area contributed by atoms with Crippen molar-refractivity contribution in [2.75, 3.05) is 13.1 Å². The Hall–Kier alpha value is -1.61. The van der Waals surface area contributed by atoms with E-state index in [1.54, 1.807) is 0 Å². The van der Waals surface area contributed by atoms with Gasteiger partial charge < -0.3 is 10.3 Å². The number of rotatable bonds is 2. The average molecular weight is 241 g/mol. The fourth-order valence-corrected chi connectivity index (χ4v) is 2.65. The van der Waals surface area contributed by atoms with Crippen LogP contribution in [0.1, 0.15) is 30.3 Å². The van der Waals surface area contributed by atoms with Crippen molar-refractivity contribution in [3.05, 3.63) is 41.9 Å². The molecule has 0 amide bonds. The lowest BCUT2D eigenvalue weighted by atomic mass is 9.98. The molecule has 0 saturated carbocycles. The molecule has 0 bridgehead atoms. The summed E-state index contributed by atoms with van der Waals surface area (Å²) in [5.41, 5.74) is 3.48. The minimum atomic E-state index is 0.586. The number of H-pyrrole nitrogens is 1. The summed E-state index contributed by atoms with van der Waals surface area (Å²) in [6, 6.07) is 10.4. The maximum Gasteiger partial charge on any atom is 0.110 e. The molecular weight excluding hydrogens is 222 g/mol. The smallest absolute Gasteiger partial charge is 0.110 e. The number of hydrogen-bond acceptors (Lipinski definition) is 2. The predicted molar refractivity (Wildman–Crippen MR) is 73.6 cm³/mol. The summed E-state index contributed by atoms with van der Waals surface area (Å²) in [7, 11) is 0. The van der Waals surface area contributed by atoms with Gasteiger partial charge in [-0.05, 0) is 32.9 Å². The first-order valence-corrected chi connectivity index (χ1v) is 6.67. The van der Waals surface area contributed by atoms with Gasteiger partial charge in [-0.2, -0.15) is 0 Å². The minimum absolute atomic E-state index is 0.586. The van der Waals surface area contributed by atoms with E-state index in [2.05, 4.69) is 41.5 Å². The van der Waals surface area contributed by atoms with E-state index in [1.807, 2.05) is 6.07 Å². The highest BCUT2D eigenvalue weighted by molar-refractivity contribution is 5.61. The molecule has 1 saturated heterocycles. The molecule has 0 spiro atoms. The summed E-state index contributed by atoms with van der Waals surface area (Å²) in [6.45, 7) is 4.32. The van der Waals surface area contributed by atoms with E-state index >= 15 is 0 Å². The van der Waals surface area contributed by atoms with Gasteiger partial charge in [0.15, 0.2) is 0 Å². The van der Waals surface area contributed by atoms with Crippen LogP contribution in [-0.4, -0.2) is 23.1 Å². The molecule has 0 aliphatic carbocycles. The minimum Gasteiger partial charge on any atom is -0.345 e. The number of aromatic amines is 1. The first kappa shape index (κ1) is 11.5. The molecule has 18 heavy (non-hydrogen) atoms. The SMILES string of the molecule is Cc1[nH]c(C2CCNCC2)nc1-c1ccccc1. The summed E-state index contributed by atoms with van der Waals surface area (Å²) >= 11 is 0. The number of benzene rings is 1. The zero-order valence-corrected chi connectivity index (χ0v) is 10.7. The second kappa shape index (κ2) is 4.94. The van der Waals surface area contributed by atoms with Gasteiger partial charge in [-0.15, -0.1) is 0 Å². The van der Waals surface area contributed by atoms with Crippen LogP contribution in [0.2, 0.25) is 0 Å².